The molecule has 11 nitrogen and oxygen atoms in total. The van der Waals surface area contributed by atoms with E-state index in [9.17, 15) is 0 Å². The maximum Gasteiger partial charge on any atom is 0.414 e. The summed E-state index contributed by atoms with van der Waals surface area (Å²) in [6, 6.07) is 10.7. The summed E-state index contributed by atoms with van der Waals surface area (Å²) in [5.74, 6) is -1.67. The molecule has 0 atom stereocenters. The van der Waals surface area contributed by atoms with Crippen LogP contribution >= 0.6 is 0 Å². The van der Waals surface area contributed by atoms with E-state index in [0.29, 0.717) is 0 Å². The third kappa shape index (κ3) is 7.02. The number of morpholine rings is 1. The summed E-state index contributed by atoms with van der Waals surface area (Å²) < 4.78 is 5.45. The Morgan fingerprint density at radius 3 is 2.26 bits per heavy atom. The summed E-state index contributed by atoms with van der Waals surface area (Å²) in [4.78, 5) is 39.6. The number of piperazine rings is 1. The molecule has 0 amide bonds. The minimum absolute atomic E-state index is 0.734. The standard InChI is InChI=1S/C25H30N6O.C2H2O4/c1-2-29-9-11-31(12-10-29)25-23-6-4-3-5-20(23)17-21(28-25)7-8-22-18-26-19-24(27-22)30-13-15-32-16-14-30;3-1(4)2(5)6/h3-8,17-19H,2,9-16H2,1H3;(H,3,4)(H,5,6)/b8-7+;. The van der Waals surface area contributed by atoms with Crippen LogP contribution in [0.15, 0.2) is 42.7 Å². The maximum atomic E-state index is 9.10. The Balaban J connectivity index is 0.000000505. The Bertz CT molecular complexity index is 1270. The first-order chi connectivity index (χ1) is 18.4. The van der Waals surface area contributed by atoms with Gasteiger partial charge in [-0.2, -0.15) is 0 Å². The fourth-order valence-corrected chi connectivity index (χ4v) is 4.37. The zero-order chi connectivity index (χ0) is 26.9. The predicted octanol–water partition coefficient (Wildman–Crippen LogP) is 2.33. The van der Waals surface area contributed by atoms with Crippen LogP contribution in [0.3, 0.4) is 0 Å². The van der Waals surface area contributed by atoms with Crippen LogP contribution in [-0.2, 0) is 14.3 Å². The fourth-order valence-electron chi connectivity index (χ4n) is 4.37. The fraction of sp³-hybridized carbons (Fsp3) is 0.370. The van der Waals surface area contributed by atoms with E-state index in [-0.39, 0.29) is 0 Å². The van der Waals surface area contributed by atoms with Crippen molar-refractivity contribution in [3.63, 3.8) is 0 Å². The molecule has 11 heteroatoms. The van der Waals surface area contributed by atoms with Crippen molar-refractivity contribution in [3.8, 4) is 0 Å². The average molecular weight is 521 g/mol. The van der Waals surface area contributed by atoms with Crippen LogP contribution < -0.4 is 9.80 Å². The molecular weight excluding hydrogens is 488 g/mol. The molecule has 2 fully saturated rings. The van der Waals surface area contributed by atoms with Gasteiger partial charge in [-0.25, -0.2) is 19.6 Å². The van der Waals surface area contributed by atoms with Gasteiger partial charge in [0.2, 0.25) is 0 Å². The molecule has 0 saturated carbocycles. The molecule has 0 bridgehead atoms. The Morgan fingerprint density at radius 1 is 0.895 bits per heavy atom. The average Bonchev–Trinajstić information content (AvgIpc) is 2.96. The molecule has 0 aliphatic carbocycles. The number of anilines is 2. The predicted molar refractivity (Wildman–Crippen MR) is 145 cm³/mol. The van der Waals surface area contributed by atoms with E-state index in [4.69, 9.17) is 34.5 Å². The summed E-state index contributed by atoms with van der Waals surface area (Å²) >= 11 is 0. The third-order valence-electron chi connectivity index (χ3n) is 6.44. The van der Waals surface area contributed by atoms with E-state index in [2.05, 4.69) is 56.9 Å². The Kier molecular flexibility index (Phi) is 9.17. The number of nitrogens with zero attached hydrogens (tertiary/aromatic N) is 6. The maximum absolute atomic E-state index is 9.10. The SMILES string of the molecule is CCN1CCN(c2nc(/C=C/c3cncc(N4CCOCC4)n3)cc3ccccc23)CC1.O=C(O)C(=O)O. The number of carboxylic acids is 2. The molecular formula is C27H32N6O5. The van der Waals surface area contributed by atoms with Crippen molar-refractivity contribution in [1.29, 1.82) is 0 Å². The molecule has 0 spiro atoms. The molecule has 2 aromatic heterocycles. The van der Waals surface area contributed by atoms with Crippen LogP contribution in [0.2, 0.25) is 0 Å². The first kappa shape index (κ1) is 27.0. The van der Waals surface area contributed by atoms with Crippen LogP contribution in [0.4, 0.5) is 11.6 Å². The number of aliphatic carboxylic acids is 2. The Labute approximate surface area is 221 Å². The number of likely N-dealkylation sites (N-methyl/N-ethyl adjacent to an activating group) is 1. The van der Waals surface area contributed by atoms with E-state index in [1.165, 1.54) is 10.8 Å². The molecule has 5 rings (SSSR count). The van der Waals surface area contributed by atoms with Gasteiger partial charge in [0.25, 0.3) is 0 Å². The minimum atomic E-state index is -1.82. The topological polar surface area (TPSA) is 132 Å². The largest absolute Gasteiger partial charge is 0.473 e. The lowest BCUT2D eigenvalue weighted by molar-refractivity contribution is -0.159. The van der Waals surface area contributed by atoms with Crippen molar-refractivity contribution < 1.29 is 24.5 Å². The first-order valence-corrected chi connectivity index (χ1v) is 12.6. The number of aromatic nitrogens is 3. The second-order valence-corrected chi connectivity index (χ2v) is 8.86. The van der Waals surface area contributed by atoms with Gasteiger partial charge in [-0.3, -0.25) is 4.98 Å². The summed E-state index contributed by atoms with van der Waals surface area (Å²) in [5.41, 5.74) is 1.78. The van der Waals surface area contributed by atoms with Crippen molar-refractivity contribution in [2.75, 3.05) is 68.8 Å². The lowest BCUT2D eigenvalue weighted by atomic mass is 10.1. The van der Waals surface area contributed by atoms with Gasteiger partial charge in [-0.15, -0.1) is 0 Å². The quantitative estimate of drug-likeness (QED) is 0.480. The van der Waals surface area contributed by atoms with Crippen LogP contribution in [0.5, 0.6) is 0 Å². The van der Waals surface area contributed by atoms with Gasteiger partial charge in [0, 0.05) is 44.7 Å². The number of rotatable bonds is 5. The Morgan fingerprint density at radius 2 is 1.58 bits per heavy atom. The lowest BCUT2D eigenvalue weighted by Gasteiger charge is -2.35. The minimum Gasteiger partial charge on any atom is -0.473 e. The highest BCUT2D eigenvalue weighted by Crippen LogP contribution is 2.27. The number of carboxylic acid groups (broad SMARTS) is 2. The number of carbonyl (C=O) groups is 2. The van der Waals surface area contributed by atoms with Gasteiger partial charge in [-0.05, 0) is 30.1 Å². The van der Waals surface area contributed by atoms with E-state index in [0.717, 1.165) is 82.1 Å². The van der Waals surface area contributed by atoms with Gasteiger partial charge >= 0.3 is 11.9 Å². The molecule has 3 aromatic rings. The monoisotopic (exact) mass is 520 g/mol. The van der Waals surface area contributed by atoms with Gasteiger partial charge in [-0.1, -0.05) is 31.2 Å². The van der Waals surface area contributed by atoms with Crippen molar-refractivity contribution in [3.05, 3.63) is 54.1 Å². The molecule has 200 valence electrons. The summed E-state index contributed by atoms with van der Waals surface area (Å²) in [5, 5.41) is 17.2. The van der Waals surface area contributed by atoms with Crippen molar-refractivity contribution >= 4 is 46.5 Å². The van der Waals surface area contributed by atoms with Gasteiger partial charge in [0.1, 0.15) is 11.6 Å². The lowest BCUT2D eigenvalue weighted by Crippen LogP contribution is -2.46. The molecule has 2 aliphatic rings. The highest BCUT2D eigenvalue weighted by molar-refractivity contribution is 6.27. The third-order valence-corrected chi connectivity index (χ3v) is 6.44. The van der Waals surface area contributed by atoms with Crippen LogP contribution in [-0.4, -0.2) is 101 Å². The van der Waals surface area contributed by atoms with Crippen molar-refractivity contribution in [2.24, 2.45) is 0 Å². The Hall–Kier alpha value is -4.09. The number of fused-ring (bicyclic) bond motifs is 1. The summed E-state index contributed by atoms with van der Waals surface area (Å²) in [7, 11) is 0. The number of benzene rings is 1. The number of pyridine rings is 1. The molecule has 38 heavy (non-hydrogen) atoms. The first-order valence-electron chi connectivity index (χ1n) is 12.6. The number of ether oxygens (including phenoxy) is 1. The molecule has 4 heterocycles. The van der Waals surface area contributed by atoms with Crippen molar-refractivity contribution in [2.45, 2.75) is 6.92 Å². The van der Waals surface area contributed by atoms with Gasteiger partial charge in [0.05, 0.1) is 37.0 Å². The molecule has 2 saturated heterocycles. The van der Waals surface area contributed by atoms with Crippen LogP contribution in [0.25, 0.3) is 22.9 Å². The summed E-state index contributed by atoms with van der Waals surface area (Å²) in [6.45, 7) is 10.7. The van der Waals surface area contributed by atoms with E-state index in [1.54, 1.807) is 6.20 Å². The molecule has 0 unspecified atom stereocenters. The molecule has 1 aromatic carbocycles. The van der Waals surface area contributed by atoms with Crippen LogP contribution in [0, 0.1) is 0 Å². The highest BCUT2D eigenvalue weighted by atomic mass is 16.5. The smallest absolute Gasteiger partial charge is 0.414 e. The number of hydrogen-bond acceptors (Lipinski definition) is 9. The second kappa shape index (κ2) is 12.9. The van der Waals surface area contributed by atoms with Gasteiger partial charge in [0.15, 0.2) is 0 Å². The van der Waals surface area contributed by atoms with E-state index < -0.39 is 11.9 Å². The zero-order valence-corrected chi connectivity index (χ0v) is 21.4. The second-order valence-electron chi connectivity index (χ2n) is 8.86. The number of hydrogen-bond donors (Lipinski definition) is 2. The normalized spacial score (nSPS) is 16.3. The zero-order valence-electron chi connectivity index (χ0n) is 21.4. The molecule has 2 aliphatic heterocycles. The highest BCUT2D eigenvalue weighted by Gasteiger charge is 2.19. The molecule has 2 N–H and O–H groups in total. The summed E-state index contributed by atoms with van der Waals surface area (Å²) in [6.07, 6.45) is 7.68. The van der Waals surface area contributed by atoms with E-state index in [1.807, 2.05) is 18.3 Å². The molecule has 0 radical (unpaired) electrons. The van der Waals surface area contributed by atoms with Crippen molar-refractivity contribution in [1.82, 2.24) is 19.9 Å². The van der Waals surface area contributed by atoms with Gasteiger partial charge < -0.3 is 29.6 Å². The van der Waals surface area contributed by atoms with Crippen LogP contribution in [0.1, 0.15) is 18.3 Å². The van der Waals surface area contributed by atoms with E-state index >= 15 is 0 Å².